The molecule has 1 aliphatic heterocycles. The van der Waals surface area contributed by atoms with Crippen LogP contribution >= 0.6 is 0 Å². The van der Waals surface area contributed by atoms with Crippen LogP contribution in [0.15, 0.2) is 66.7 Å². The average molecular weight is 395 g/mol. The zero-order chi connectivity index (χ0) is 19.8. The van der Waals surface area contributed by atoms with Gasteiger partial charge in [0, 0.05) is 5.56 Å². The van der Waals surface area contributed by atoms with E-state index in [1.807, 2.05) is 60.7 Å². The summed E-state index contributed by atoms with van der Waals surface area (Å²) in [6, 6.07) is 20.8. The number of hydrogen-bond acceptors (Lipinski definition) is 4. The number of amides is 1. The van der Waals surface area contributed by atoms with Gasteiger partial charge in [0.25, 0.3) is 5.91 Å². The minimum Gasteiger partial charge on any atom is -0.344 e. The van der Waals surface area contributed by atoms with E-state index in [0.29, 0.717) is 17.8 Å². The Morgan fingerprint density at radius 3 is 2.32 bits per heavy atom. The Labute approximate surface area is 164 Å². The number of para-hydroxylation sites is 1. The van der Waals surface area contributed by atoms with Crippen LogP contribution in [-0.4, -0.2) is 41.2 Å². The van der Waals surface area contributed by atoms with Crippen LogP contribution in [0.2, 0.25) is 0 Å². The first-order valence-electron chi connectivity index (χ1n) is 9.09. The minimum absolute atomic E-state index is 0.0449. The summed E-state index contributed by atoms with van der Waals surface area (Å²) in [4.78, 5) is 13.1. The lowest BCUT2D eigenvalue weighted by Gasteiger charge is -2.23. The van der Waals surface area contributed by atoms with Gasteiger partial charge in [-0.3, -0.25) is 4.79 Å². The van der Waals surface area contributed by atoms with Crippen molar-refractivity contribution in [2.75, 3.05) is 11.5 Å². The maximum Gasteiger partial charge on any atom is 0.270 e. The molecule has 0 aliphatic carbocycles. The first kappa shape index (κ1) is 18.4. The highest BCUT2D eigenvalue weighted by atomic mass is 32.2. The van der Waals surface area contributed by atoms with Crippen molar-refractivity contribution in [3.05, 3.63) is 72.4 Å². The summed E-state index contributed by atoms with van der Waals surface area (Å²) >= 11 is 0. The zero-order valence-electron chi connectivity index (χ0n) is 15.5. The van der Waals surface area contributed by atoms with Crippen molar-refractivity contribution in [1.29, 1.82) is 0 Å². The van der Waals surface area contributed by atoms with Gasteiger partial charge in [-0.15, -0.1) is 0 Å². The van der Waals surface area contributed by atoms with E-state index in [9.17, 15) is 13.2 Å². The lowest BCUT2D eigenvalue weighted by molar-refractivity contribution is 0.0907. The summed E-state index contributed by atoms with van der Waals surface area (Å²) in [5.74, 6) is -0.286. The van der Waals surface area contributed by atoms with Crippen LogP contribution in [0.25, 0.3) is 16.9 Å². The van der Waals surface area contributed by atoms with Gasteiger partial charge in [0.1, 0.15) is 5.69 Å². The summed E-state index contributed by atoms with van der Waals surface area (Å²) in [6.45, 7) is 1.77. The smallest absolute Gasteiger partial charge is 0.270 e. The Kier molecular flexibility index (Phi) is 4.55. The Morgan fingerprint density at radius 2 is 1.71 bits per heavy atom. The van der Waals surface area contributed by atoms with Gasteiger partial charge in [-0.25, -0.2) is 13.1 Å². The molecule has 4 rings (SSSR count). The molecule has 1 fully saturated rings. The first-order chi connectivity index (χ1) is 13.4. The Hall–Kier alpha value is -2.93. The summed E-state index contributed by atoms with van der Waals surface area (Å²) in [6.07, 6.45) is 0.409. The predicted molar refractivity (Wildman–Crippen MR) is 108 cm³/mol. The van der Waals surface area contributed by atoms with E-state index >= 15 is 0 Å². The van der Waals surface area contributed by atoms with Gasteiger partial charge in [-0.2, -0.15) is 5.10 Å². The maximum atomic E-state index is 13.1. The second-order valence-electron chi connectivity index (χ2n) is 7.39. The van der Waals surface area contributed by atoms with Crippen molar-refractivity contribution >= 4 is 15.7 Å². The molecule has 0 spiro atoms. The molecule has 6 nitrogen and oxygen atoms in total. The largest absolute Gasteiger partial charge is 0.344 e. The third kappa shape index (κ3) is 3.71. The highest BCUT2D eigenvalue weighted by molar-refractivity contribution is 7.91. The first-order valence-corrected chi connectivity index (χ1v) is 10.9. The number of aromatic nitrogens is 2. The monoisotopic (exact) mass is 395 g/mol. The van der Waals surface area contributed by atoms with Crippen molar-refractivity contribution < 1.29 is 13.2 Å². The highest BCUT2D eigenvalue weighted by Gasteiger charge is 2.40. The molecular formula is C21H21N3O3S. The molecule has 2 heterocycles. The fourth-order valence-corrected chi connectivity index (χ4v) is 5.60. The zero-order valence-corrected chi connectivity index (χ0v) is 16.3. The molecule has 0 unspecified atom stereocenters. The van der Waals surface area contributed by atoms with Crippen molar-refractivity contribution in [1.82, 2.24) is 15.1 Å². The molecule has 1 saturated heterocycles. The van der Waals surface area contributed by atoms with E-state index in [2.05, 4.69) is 10.4 Å². The normalized spacial score (nSPS) is 20.8. The molecular weight excluding hydrogens is 374 g/mol. The predicted octanol–water partition coefficient (Wildman–Crippen LogP) is 2.85. The summed E-state index contributed by atoms with van der Waals surface area (Å²) < 4.78 is 25.3. The van der Waals surface area contributed by atoms with Gasteiger partial charge >= 0.3 is 0 Å². The van der Waals surface area contributed by atoms with Crippen molar-refractivity contribution in [3.8, 4) is 16.9 Å². The summed E-state index contributed by atoms with van der Waals surface area (Å²) in [7, 11) is -3.12. The van der Waals surface area contributed by atoms with E-state index < -0.39 is 15.4 Å². The van der Waals surface area contributed by atoms with Gasteiger partial charge < -0.3 is 5.32 Å². The standard InChI is InChI=1S/C21H21N3O3S/c1-21(12-13-28(26,27)15-21)22-20(25)19-14-18(16-8-4-2-5-9-16)23-24(19)17-10-6-3-7-11-17/h2-11,14H,12-13,15H2,1H3,(H,22,25)/t21-/m0/s1. The van der Waals surface area contributed by atoms with Gasteiger partial charge in [-0.05, 0) is 31.5 Å². The van der Waals surface area contributed by atoms with Crippen LogP contribution in [0.1, 0.15) is 23.8 Å². The third-order valence-electron chi connectivity index (χ3n) is 4.93. The maximum absolute atomic E-state index is 13.1. The highest BCUT2D eigenvalue weighted by Crippen LogP contribution is 2.25. The number of nitrogens with one attached hydrogen (secondary N) is 1. The molecule has 1 aliphatic rings. The second kappa shape index (κ2) is 6.91. The van der Waals surface area contributed by atoms with Gasteiger partial charge in [0.2, 0.25) is 0 Å². The van der Waals surface area contributed by atoms with Gasteiger partial charge in [-0.1, -0.05) is 48.5 Å². The van der Waals surface area contributed by atoms with Crippen LogP contribution in [0.5, 0.6) is 0 Å². The Balaban J connectivity index is 1.73. The van der Waals surface area contributed by atoms with Crippen LogP contribution in [0.4, 0.5) is 0 Å². The fourth-order valence-electron chi connectivity index (χ4n) is 3.51. The van der Waals surface area contributed by atoms with Crippen LogP contribution in [0, 0.1) is 0 Å². The lowest BCUT2D eigenvalue weighted by Crippen LogP contribution is -2.47. The molecule has 3 aromatic rings. The Morgan fingerprint density at radius 1 is 1.07 bits per heavy atom. The number of sulfone groups is 1. The number of nitrogens with zero attached hydrogens (tertiary/aromatic N) is 2. The van der Waals surface area contributed by atoms with Crippen molar-refractivity contribution in [3.63, 3.8) is 0 Å². The average Bonchev–Trinajstić information content (AvgIpc) is 3.24. The SMILES string of the molecule is C[C@]1(NC(=O)c2cc(-c3ccccc3)nn2-c2ccccc2)CCS(=O)(=O)C1. The number of hydrogen-bond donors (Lipinski definition) is 1. The molecule has 0 bridgehead atoms. The van der Waals surface area contributed by atoms with E-state index in [1.165, 1.54) is 0 Å². The molecule has 144 valence electrons. The molecule has 1 N–H and O–H groups in total. The fraction of sp³-hybridized carbons (Fsp3) is 0.238. The molecule has 0 radical (unpaired) electrons. The van der Waals surface area contributed by atoms with Gasteiger partial charge in [0.05, 0.1) is 28.4 Å². The number of benzene rings is 2. The molecule has 28 heavy (non-hydrogen) atoms. The molecule has 0 saturated carbocycles. The number of carbonyl (C=O) groups is 1. The Bertz CT molecular complexity index is 1110. The molecule has 1 atom stereocenters. The topological polar surface area (TPSA) is 81.1 Å². The van der Waals surface area contributed by atoms with Crippen molar-refractivity contribution in [2.24, 2.45) is 0 Å². The van der Waals surface area contributed by atoms with Crippen LogP contribution in [0.3, 0.4) is 0 Å². The summed E-state index contributed by atoms with van der Waals surface area (Å²) in [5.41, 5.74) is 1.95. The second-order valence-corrected chi connectivity index (χ2v) is 9.57. The number of rotatable bonds is 4. The quantitative estimate of drug-likeness (QED) is 0.737. The van der Waals surface area contributed by atoms with Crippen molar-refractivity contribution in [2.45, 2.75) is 18.9 Å². The van der Waals surface area contributed by atoms with Gasteiger partial charge in [0.15, 0.2) is 9.84 Å². The third-order valence-corrected chi connectivity index (χ3v) is 6.83. The van der Waals surface area contributed by atoms with E-state index in [0.717, 1.165) is 11.3 Å². The summed E-state index contributed by atoms with van der Waals surface area (Å²) in [5, 5.41) is 7.56. The molecule has 1 aromatic heterocycles. The lowest BCUT2D eigenvalue weighted by atomic mass is 10.0. The molecule has 1 amide bonds. The van der Waals surface area contributed by atoms with E-state index in [1.54, 1.807) is 17.7 Å². The molecule has 7 heteroatoms. The number of carbonyl (C=O) groups excluding carboxylic acids is 1. The van der Waals surface area contributed by atoms with Crippen LogP contribution < -0.4 is 5.32 Å². The van der Waals surface area contributed by atoms with Crippen LogP contribution in [-0.2, 0) is 9.84 Å². The van der Waals surface area contributed by atoms with E-state index in [-0.39, 0.29) is 17.4 Å². The minimum atomic E-state index is -3.12. The molecule has 2 aromatic carbocycles. The van der Waals surface area contributed by atoms with E-state index in [4.69, 9.17) is 0 Å².